The average Bonchev–Trinajstić information content (AvgIpc) is 2.10. The van der Waals surface area contributed by atoms with E-state index in [1.54, 1.807) is 14.2 Å². The zero-order valence-electron chi connectivity index (χ0n) is 9.41. The molecule has 0 rings (SSSR count). The number of aliphatic hydroxyl groups is 2. The van der Waals surface area contributed by atoms with Crippen molar-refractivity contribution < 1.29 is 19.7 Å². The molecule has 0 saturated carbocycles. The molecule has 0 fully saturated rings. The molecule has 0 aliphatic rings. The Kier molecular flexibility index (Phi) is 200. The predicted molar refractivity (Wildman–Crippen MR) is 87.5 cm³/mol. The van der Waals surface area contributed by atoms with E-state index in [2.05, 4.69) is 18.6 Å². The van der Waals surface area contributed by atoms with E-state index in [4.69, 9.17) is 14.9 Å². The normalized spacial score (nSPS) is 6.00. The Morgan fingerprint density at radius 1 is 0.833 bits per heavy atom. The lowest BCUT2D eigenvalue weighted by molar-refractivity contribution is 0.135. The maximum atomic E-state index is 7.94. The molecule has 18 heavy (non-hydrogen) atoms. The summed E-state index contributed by atoms with van der Waals surface area (Å²) in [5.74, 6) is 0.676. The molecule has 0 aromatic heterocycles. The second kappa shape index (κ2) is 68.7. The summed E-state index contributed by atoms with van der Waals surface area (Å²) in [5.41, 5.74) is 0. The molecule has 2 N–H and O–H groups in total. The maximum Gasteiger partial charge on any atom is 0.0693 e. The van der Waals surface area contributed by atoms with E-state index in [1.807, 2.05) is 0 Å². The molecule has 0 atom stereocenters. The van der Waals surface area contributed by atoms with Gasteiger partial charge in [0, 0.05) is 27.9 Å². The highest BCUT2D eigenvalue weighted by atomic mass is 16.5. The van der Waals surface area contributed by atoms with Gasteiger partial charge in [0.05, 0.1) is 13.2 Å². The summed E-state index contributed by atoms with van der Waals surface area (Å²) >= 11 is 0. The minimum Gasteiger partial charge on any atom is -0.400 e. The molecule has 0 aliphatic carbocycles. The van der Waals surface area contributed by atoms with Gasteiger partial charge >= 0.3 is 0 Å². The van der Waals surface area contributed by atoms with Gasteiger partial charge in [-0.25, -0.2) is 0 Å². The molecule has 0 unspecified atom stereocenters. The van der Waals surface area contributed by atoms with Gasteiger partial charge in [0.25, 0.3) is 0 Å². The number of rotatable bonds is 4. The van der Waals surface area contributed by atoms with Crippen LogP contribution < -0.4 is 0 Å². The van der Waals surface area contributed by atoms with Crippen LogP contribution in [0.4, 0.5) is 0 Å². The quantitative estimate of drug-likeness (QED) is 0.822. The highest BCUT2D eigenvalue weighted by Crippen LogP contribution is 1.88. The Morgan fingerprint density at radius 2 is 1.17 bits per heavy atom. The molecular weight excluding hydrogens is 232 g/mol. The van der Waals surface area contributed by atoms with Crippen molar-refractivity contribution in [2.24, 2.45) is 5.92 Å². The van der Waals surface area contributed by atoms with Gasteiger partial charge in [-0.3, -0.25) is 0 Å². The van der Waals surface area contributed by atoms with E-state index in [1.165, 1.54) is 0 Å². The number of hydrogen-bond donors (Lipinski definition) is 2. The van der Waals surface area contributed by atoms with Gasteiger partial charge in [0.15, 0.2) is 0 Å². The number of ether oxygens (including phenoxy) is 2. The Balaban J connectivity index is -0.0000000131. The Morgan fingerprint density at radius 3 is 1.17 bits per heavy atom. The molecule has 124 valence electrons. The Hall–Kier alpha value is -0.160. The van der Waals surface area contributed by atoms with E-state index in [0.717, 1.165) is 13.7 Å². The van der Waals surface area contributed by atoms with Crippen molar-refractivity contribution in [2.75, 3.05) is 41.2 Å². The van der Waals surface area contributed by atoms with E-state index >= 15 is 0 Å². The first-order valence-corrected chi connectivity index (χ1v) is 4.22. The zero-order chi connectivity index (χ0) is 11.1. The van der Waals surface area contributed by atoms with Crippen LogP contribution in [0, 0.1) is 5.92 Å². The van der Waals surface area contributed by atoms with Crippen LogP contribution in [0.3, 0.4) is 0 Å². The first-order valence-electron chi connectivity index (χ1n) is 4.22. The van der Waals surface area contributed by atoms with Gasteiger partial charge < -0.3 is 19.7 Å². The number of methoxy groups -OCH3 is 2. The molecule has 0 amide bonds. The van der Waals surface area contributed by atoms with Gasteiger partial charge in [0.1, 0.15) is 0 Å². The second-order valence-electron chi connectivity index (χ2n) is 2.57. The fourth-order valence-corrected chi connectivity index (χ4v) is 0.425. The van der Waals surface area contributed by atoms with Crippen molar-refractivity contribution >= 4 is 0 Å². The van der Waals surface area contributed by atoms with Crippen LogP contribution in [0.1, 0.15) is 51.0 Å². The molecule has 0 aromatic carbocycles. The largest absolute Gasteiger partial charge is 0.400 e. The summed E-state index contributed by atoms with van der Waals surface area (Å²) in [6.07, 6.45) is 0. The van der Waals surface area contributed by atoms with Crippen molar-refractivity contribution in [2.45, 2.75) is 51.0 Å². The summed E-state index contributed by atoms with van der Waals surface area (Å²) in [4.78, 5) is 0. The molecule has 4 nitrogen and oxygen atoms in total. The highest BCUT2D eigenvalue weighted by Gasteiger charge is 1.85. The van der Waals surface area contributed by atoms with Gasteiger partial charge in [-0.1, -0.05) is 51.0 Å². The fraction of sp³-hybridized carbons (Fsp3) is 1.00. The van der Waals surface area contributed by atoms with Crippen molar-refractivity contribution in [3.05, 3.63) is 0 Å². The maximum absolute atomic E-state index is 7.94. The van der Waals surface area contributed by atoms with Crippen LogP contribution in [-0.4, -0.2) is 51.4 Å². The van der Waals surface area contributed by atoms with E-state index in [9.17, 15) is 0 Å². The van der Waals surface area contributed by atoms with Crippen molar-refractivity contribution in [3.8, 4) is 0 Å². The van der Waals surface area contributed by atoms with E-state index < -0.39 is 0 Å². The third kappa shape index (κ3) is 149. The SMILES string of the molecule is C.C.C.C.C.CO.COCC(C)C.COCCO. The molecule has 4 heteroatoms. The van der Waals surface area contributed by atoms with Crippen LogP contribution in [0.25, 0.3) is 0 Å². The molecule has 0 aromatic rings. The minimum atomic E-state index is 0. The average molecular weight is 277 g/mol. The molecular formula is C14H44O4. The molecule has 0 saturated heterocycles. The van der Waals surface area contributed by atoms with Crippen LogP contribution in [0.15, 0.2) is 0 Å². The van der Waals surface area contributed by atoms with Gasteiger partial charge in [0.2, 0.25) is 0 Å². The van der Waals surface area contributed by atoms with Crippen LogP contribution in [0.5, 0.6) is 0 Å². The zero-order valence-corrected chi connectivity index (χ0v) is 9.41. The fourth-order valence-electron chi connectivity index (χ4n) is 0.425. The molecule has 0 aliphatic heterocycles. The lowest BCUT2D eigenvalue weighted by atomic mass is 10.2. The van der Waals surface area contributed by atoms with Gasteiger partial charge in [-0.2, -0.15) is 0 Å². The van der Waals surface area contributed by atoms with E-state index in [0.29, 0.717) is 12.5 Å². The summed E-state index contributed by atoms with van der Waals surface area (Å²) in [6.45, 7) is 5.70. The van der Waals surface area contributed by atoms with Crippen molar-refractivity contribution in [3.63, 3.8) is 0 Å². The Labute approximate surface area is 118 Å². The topological polar surface area (TPSA) is 58.9 Å². The lowest BCUT2D eigenvalue weighted by Gasteiger charge is -1.97. The van der Waals surface area contributed by atoms with Crippen molar-refractivity contribution in [1.29, 1.82) is 0 Å². The molecule has 0 bridgehead atoms. The molecule has 0 heterocycles. The lowest BCUT2D eigenvalue weighted by Crippen LogP contribution is -1.96. The third-order valence-electron chi connectivity index (χ3n) is 0.795. The minimum absolute atomic E-state index is 0. The van der Waals surface area contributed by atoms with Gasteiger partial charge in [-0.15, -0.1) is 0 Å². The second-order valence-corrected chi connectivity index (χ2v) is 2.57. The van der Waals surface area contributed by atoms with Crippen LogP contribution in [0.2, 0.25) is 0 Å². The monoisotopic (exact) mass is 276 g/mol. The number of aliphatic hydroxyl groups excluding tert-OH is 2. The first kappa shape index (κ1) is 52.3. The Bertz CT molecular complexity index is 57.8. The predicted octanol–water partition coefficient (Wildman–Crippen LogP) is 3.70. The number of hydrogen-bond acceptors (Lipinski definition) is 4. The molecule has 0 spiro atoms. The highest BCUT2D eigenvalue weighted by molar-refractivity contribution is 4.35. The summed E-state index contributed by atoms with van der Waals surface area (Å²) in [5, 5.41) is 14.9. The third-order valence-corrected chi connectivity index (χ3v) is 0.795. The standard InChI is InChI=1S/C5H12O.C3H8O2.CH4O.5CH4/c1-5(2)4-6-3;1-5-3-2-4;1-2;;;;;/h5H,4H2,1-3H3;4H,2-3H2,1H3;2H,1H3;5*1H4. The summed E-state index contributed by atoms with van der Waals surface area (Å²) < 4.78 is 9.24. The first-order chi connectivity index (χ1) is 6.18. The summed E-state index contributed by atoms with van der Waals surface area (Å²) in [7, 11) is 4.27. The summed E-state index contributed by atoms with van der Waals surface area (Å²) in [6, 6.07) is 0. The van der Waals surface area contributed by atoms with Crippen LogP contribution >= 0.6 is 0 Å². The van der Waals surface area contributed by atoms with Gasteiger partial charge in [-0.05, 0) is 5.92 Å². The van der Waals surface area contributed by atoms with Crippen LogP contribution in [-0.2, 0) is 9.47 Å². The van der Waals surface area contributed by atoms with Crippen molar-refractivity contribution in [1.82, 2.24) is 0 Å². The smallest absolute Gasteiger partial charge is 0.0693 e. The van der Waals surface area contributed by atoms with E-state index in [-0.39, 0.29) is 43.7 Å². The molecule has 0 radical (unpaired) electrons.